The number of amides is 1. The van der Waals surface area contributed by atoms with Crippen LogP contribution in [0.15, 0.2) is 12.2 Å². The highest BCUT2D eigenvalue weighted by molar-refractivity contribution is 6.18. The molecule has 2 nitrogen and oxygen atoms in total. The van der Waals surface area contributed by atoms with Gasteiger partial charge < -0.3 is 5.32 Å². The van der Waals surface area contributed by atoms with E-state index in [1.807, 2.05) is 0 Å². The van der Waals surface area contributed by atoms with Crippen molar-refractivity contribution >= 4 is 17.5 Å². The van der Waals surface area contributed by atoms with Gasteiger partial charge in [-0.2, -0.15) is 26.3 Å². The molecule has 1 amide bonds. The van der Waals surface area contributed by atoms with E-state index in [2.05, 4.69) is 0 Å². The summed E-state index contributed by atoms with van der Waals surface area (Å²) in [5.41, 5.74) is 0. The Balaban J connectivity index is 4.63. The lowest BCUT2D eigenvalue weighted by molar-refractivity contribution is -0.274. The van der Waals surface area contributed by atoms with Crippen LogP contribution in [0.2, 0.25) is 0 Å². The maximum atomic E-state index is 12.0. The number of nitrogens with one attached hydrogen (secondary N) is 1. The minimum absolute atomic E-state index is 0.0395. The molecule has 9 heteroatoms. The second-order valence-corrected chi connectivity index (χ2v) is 3.20. The van der Waals surface area contributed by atoms with Gasteiger partial charge in [0.05, 0.1) is 0 Å². The molecule has 0 aliphatic rings. The molecule has 17 heavy (non-hydrogen) atoms. The van der Waals surface area contributed by atoms with Gasteiger partial charge in [0.2, 0.25) is 11.8 Å². The summed E-state index contributed by atoms with van der Waals surface area (Å²) in [6.45, 7) is -0.450. The van der Waals surface area contributed by atoms with E-state index in [0.717, 1.165) is 6.08 Å². The number of hydrogen-bond donors (Lipinski definition) is 1. The number of carbonyl (C=O) groups excluding carboxylic acids is 1. The second-order valence-electron chi connectivity index (χ2n) is 2.89. The monoisotopic (exact) mass is 283 g/mol. The molecular weight excluding hydrogens is 276 g/mol. The SMILES string of the molecule is O=C(NC/C=C/CCl)C(C(F)(F)F)C(F)(F)F. The van der Waals surface area contributed by atoms with Crippen LogP contribution in [-0.4, -0.2) is 30.7 Å². The smallest absolute Gasteiger partial charge is 0.352 e. The van der Waals surface area contributed by atoms with Gasteiger partial charge in [0.15, 0.2) is 0 Å². The molecule has 100 valence electrons. The van der Waals surface area contributed by atoms with E-state index in [1.165, 1.54) is 11.4 Å². The normalized spacial score (nSPS) is 13.4. The van der Waals surface area contributed by atoms with Crippen LogP contribution in [-0.2, 0) is 4.79 Å². The molecule has 0 aromatic rings. The van der Waals surface area contributed by atoms with Gasteiger partial charge >= 0.3 is 12.4 Å². The Hall–Kier alpha value is -0.920. The summed E-state index contributed by atoms with van der Waals surface area (Å²) in [5.74, 6) is -6.11. The third-order valence-electron chi connectivity index (χ3n) is 1.57. The van der Waals surface area contributed by atoms with Crippen LogP contribution >= 0.6 is 11.6 Å². The highest BCUT2D eigenvalue weighted by atomic mass is 35.5. The van der Waals surface area contributed by atoms with Crippen LogP contribution in [0.4, 0.5) is 26.3 Å². The van der Waals surface area contributed by atoms with E-state index in [-0.39, 0.29) is 5.88 Å². The van der Waals surface area contributed by atoms with Gasteiger partial charge in [-0.25, -0.2) is 0 Å². The largest absolute Gasteiger partial charge is 0.409 e. The van der Waals surface area contributed by atoms with Crippen molar-refractivity contribution in [2.75, 3.05) is 12.4 Å². The molecule has 0 radical (unpaired) electrons. The Morgan fingerprint density at radius 3 is 1.94 bits per heavy atom. The molecule has 0 saturated heterocycles. The first-order valence-corrected chi connectivity index (χ1v) is 4.76. The number of alkyl halides is 7. The van der Waals surface area contributed by atoms with E-state index < -0.39 is 30.7 Å². The quantitative estimate of drug-likeness (QED) is 0.480. The first kappa shape index (κ1) is 16.1. The van der Waals surface area contributed by atoms with E-state index in [9.17, 15) is 31.1 Å². The van der Waals surface area contributed by atoms with E-state index in [1.54, 1.807) is 0 Å². The fourth-order valence-corrected chi connectivity index (χ4v) is 1.02. The van der Waals surface area contributed by atoms with Crippen molar-refractivity contribution in [3.63, 3.8) is 0 Å². The number of rotatable bonds is 4. The molecule has 0 aliphatic heterocycles. The predicted molar refractivity (Wildman–Crippen MR) is 48.5 cm³/mol. The van der Waals surface area contributed by atoms with Crippen molar-refractivity contribution in [3.8, 4) is 0 Å². The minimum atomic E-state index is -5.67. The molecule has 0 aliphatic carbocycles. The zero-order chi connectivity index (χ0) is 13.7. The van der Waals surface area contributed by atoms with Gasteiger partial charge in [-0.1, -0.05) is 12.2 Å². The molecule has 0 fully saturated rings. The average Bonchev–Trinajstić information content (AvgIpc) is 2.07. The lowest BCUT2D eigenvalue weighted by atomic mass is 10.1. The Morgan fingerprint density at radius 2 is 1.59 bits per heavy atom. The second kappa shape index (κ2) is 6.13. The third-order valence-corrected chi connectivity index (χ3v) is 1.74. The first-order chi connectivity index (χ1) is 7.60. The van der Waals surface area contributed by atoms with Gasteiger partial charge in [0.25, 0.3) is 0 Å². The summed E-state index contributed by atoms with van der Waals surface area (Å²) >= 11 is 5.17. The highest BCUT2D eigenvalue weighted by Crippen LogP contribution is 2.39. The standard InChI is InChI=1S/C8H8ClF6NO/c9-3-1-2-4-16-6(17)5(7(10,11)12)8(13,14)15/h1-2,5H,3-4H2,(H,16,17)/b2-1+. The van der Waals surface area contributed by atoms with Crippen molar-refractivity contribution in [1.29, 1.82) is 0 Å². The van der Waals surface area contributed by atoms with Crippen molar-refractivity contribution in [3.05, 3.63) is 12.2 Å². The molecule has 0 rings (SSSR count). The van der Waals surface area contributed by atoms with Crippen molar-refractivity contribution < 1.29 is 31.1 Å². The number of carbonyl (C=O) groups is 1. The van der Waals surface area contributed by atoms with Crippen LogP contribution in [0, 0.1) is 5.92 Å². The van der Waals surface area contributed by atoms with Crippen molar-refractivity contribution in [2.45, 2.75) is 12.4 Å². The average molecular weight is 284 g/mol. The Bertz CT molecular complexity index is 271. The van der Waals surface area contributed by atoms with Gasteiger partial charge in [-0.3, -0.25) is 4.79 Å². The van der Waals surface area contributed by atoms with Crippen molar-refractivity contribution in [1.82, 2.24) is 5.32 Å². The lowest BCUT2D eigenvalue weighted by Gasteiger charge is -2.21. The topological polar surface area (TPSA) is 29.1 Å². The van der Waals surface area contributed by atoms with Crippen LogP contribution < -0.4 is 5.32 Å². The van der Waals surface area contributed by atoms with Gasteiger partial charge in [-0.15, -0.1) is 11.6 Å². The summed E-state index contributed by atoms with van der Waals surface area (Å²) in [6.07, 6.45) is -8.91. The fraction of sp³-hybridized carbons (Fsp3) is 0.625. The zero-order valence-electron chi connectivity index (χ0n) is 8.20. The van der Waals surface area contributed by atoms with E-state index in [4.69, 9.17) is 11.6 Å². The fourth-order valence-electron chi connectivity index (χ4n) is 0.891. The van der Waals surface area contributed by atoms with Crippen LogP contribution in [0.25, 0.3) is 0 Å². The number of halogens is 7. The van der Waals surface area contributed by atoms with Gasteiger partial charge in [0.1, 0.15) is 0 Å². The predicted octanol–water partition coefficient (Wildman–Crippen LogP) is 2.64. The molecule has 0 aromatic carbocycles. The number of hydrogen-bond acceptors (Lipinski definition) is 1. The zero-order valence-corrected chi connectivity index (χ0v) is 8.96. The van der Waals surface area contributed by atoms with Gasteiger partial charge in [0, 0.05) is 12.4 Å². The summed E-state index contributed by atoms with van der Waals surface area (Å²) in [7, 11) is 0. The summed E-state index contributed by atoms with van der Waals surface area (Å²) in [4.78, 5) is 10.8. The van der Waals surface area contributed by atoms with Crippen LogP contribution in [0.3, 0.4) is 0 Å². The maximum absolute atomic E-state index is 12.0. The van der Waals surface area contributed by atoms with Gasteiger partial charge in [-0.05, 0) is 0 Å². The van der Waals surface area contributed by atoms with E-state index in [0.29, 0.717) is 0 Å². The van der Waals surface area contributed by atoms with Crippen LogP contribution in [0.1, 0.15) is 0 Å². The molecule has 0 unspecified atom stereocenters. The Labute approximate surface area is 97.6 Å². The molecule has 0 spiro atoms. The summed E-state index contributed by atoms with van der Waals surface area (Å²) in [6, 6.07) is 0. The molecular formula is C8H8ClF6NO. The molecule has 0 atom stereocenters. The molecule has 1 N–H and O–H groups in total. The summed E-state index contributed by atoms with van der Waals surface area (Å²) < 4.78 is 72.1. The molecule has 0 saturated carbocycles. The maximum Gasteiger partial charge on any atom is 0.409 e. The Kier molecular flexibility index (Phi) is 5.80. The minimum Gasteiger partial charge on any atom is -0.352 e. The first-order valence-electron chi connectivity index (χ1n) is 4.22. The summed E-state index contributed by atoms with van der Waals surface area (Å²) in [5, 5.41) is 1.51. The molecule has 0 heterocycles. The van der Waals surface area contributed by atoms with E-state index >= 15 is 0 Å². The molecule has 0 aromatic heterocycles. The lowest BCUT2D eigenvalue weighted by Crippen LogP contribution is -2.47. The van der Waals surface area contributed by atoms with Crippen molar-refractivity contribution in [2.24, 2.45) is 5.92 Å². The van der Waals surface area contributed by atoms with Crippen LogP contribution in [0.5, 0.6) is 0 Å². The molecule has 0 bridgehead atoms. The number of allylic oxidation sites excluding steroid dienone is 1. The third kappa shape index (κ3) is 5.81. The Morgan fingerprint density at radius 1 is 1.12 bits per heavy atom. The highest BCUT2D eigenvalue weighted by Gasteiger charge is 2.60.